The molecule has 4 rings (SSSR count). The molecular formula is C29H27Cl2NO5. The Bertz CT molecular complexity index is 1380. The van der Waals surface area contributed by atoms with E-state index in [1.807, 2.05) is 19.1 Å². The number of aliphatic hydroxyl groups is 1. The normalized spacial score (nSPS) is 16.9. The lowest BCUT2D eigenvalue weighted by Gasteiger charge is -2.26. The van der Waals surface area contributed by atoms with Crippen LogP contribution in [0.15, 0.2) is 66.2 Å². The zero-order valence-electron chi connectivity index (χ0n) is 20.9. The van der Waals surface area contributed by atoms with Crippen LogP contribution in [-0.4, -0.2) is 30.5 Å². The highest BCUT2D eigenvalue weighted by Gasteiger charge is 2.47. The molecule has 3 aromatic rings. The van der Waals surface area contributed by atoms with Crippen LogP contribution in [0.2, 0.25) is 10.0 Å². The first-order chi connectivity index (χ1) is 17.7. The van der Waals surface area contributed by atoms with Crippen molar-refractivity contribution in [1.82, 2.24) is 0 Å². The minimum absolute atomic E-state index is 0.108. The summed E-state index contributed by atoms with van der Waals surface area (Å²) in [6.45, 7) is 6.46. The predicted molar refractivity (Wildman–Crippen MR) is 146 cm³/mol. The molecule has 3 aromatic carbocycles. The molecule has 192 valence electrons. The van der Waals surface area contributed by atoms with Gasteiger partial charge in [-0.25, -0.2) is 0 Å². The molecule has 1 saturated heterocycles. The van der Waals surface area contributed by atoms with Crippen molar-refractivity contribution in [2.75, 3.05) is 18.6 Å². The highest BCUT2D eigenvalue weighted by atomic mass is 35.5. The van der Waals surface area contributed by atoms with Gasteiger partial charge in [-0.05, 0) is 60.4 Å². The summed E-state index contributed by atoms with van der Waals surface area (Å²) in [7, 11) is 1.39. The number of aliphatic hydroxyl groups excluding tert-OH is 1. The Morgan fingerprint density at radius 2 is 1.76 bits per heavy atom. The zero-order chi connectivity index (χ0) is 26.9. The van der Waals surface area contributed by atoms with Crippen molar-refractivity contribution in [1.29, 1.82) is 0 Å². The van der Waals surface area contributed by atoms with Gasteiger partial charge in [-0.1, -0.05) is 61.3 Å². The highest BCUT2D eigenvalue weighted by Crippen LogP contribution is 2.45. The van der Waals surface area contributed by atoms with Gasteiger partial charge >= 0.3 is 0 Å². The third-order valence-electron chi connectivity index (χ3n) is 6.23. The molecule has 1 unspecified atom stereocenters. The number of halogens is 2. The summed E-state index contributed by atoms with van der Waals surface area (Å²) in [4.78, 5) is 28.4. The standard InChI is InChI=1S/C29H27Cl2NO5/c1-5-37-21-8-6-7-18(13-21)25-24(26(33)22-14-19(30)15-23(31)28(22)36-4)27(34)29(35)32(25)20-11-9-17(10-12-20)16(2)3/h6-16,25,33H,5H2,1-4H3/b26-24+. The van der Waals surface area contributed by atoms with Crippen molar-refractivity contribution in [3.05, 3.63) is 93.0 Å². The second kappa shape index (κ2) is 10.9. The van der Waals surface area contributed by atoms with Gasteiger partial charge in [0.1, 0.15) is 17.3 Å². The van der Waals surface area contributed by atoms with E-state index in [4.69, 9.17) is 32.7 Å². The lowest BCUT2D eigenvalue weighted by molar-refractivity contribution is -0.132. The van der Waals surface area contributed by atoms with E-state index in [2.05, 4.69) is 13.8 Å². The molecule has 6 nitrogen and oxygen atoms in total. The van der Waals surface area contributed by atoms with Crippen LogP contribution in [-0.2, 0) is 9.59 Å². The third-order valence-corrected chi connectivity index (χ3v) is 6.73. The summed E-state index contributed by atoms with van der Waals surface area (Å²) >= 11 is 12.5. The highest BCUT2D eigenvalue weighted by molar-refractivity contribution is 6.52. The Labute approximate surface area is 226 Å². The summed E-state index contributed by atoms with van der Waals surface area (Å²) in [6.07, 6.45) is 0. The van der Waals surface area contributed by atoms with Crippen molar-refractivity contribution in [2.45, 2.75) is 32.7 Å². The maximum Gasteiger partial charge on any atom is 0.300 e. The van der Waals surface area contributed by atoms with Gasteiger partial charge in [0.25, 0.3) is 11.7 Å². The molecule has 1 fully saturated rings. The van der Waals surface area contributed by atoms with Gasteiger partial charge in [0, 0.05) is 10.7 Å². The molecule has 0 aliphatic carbocycles. The second-order valence-electron chi connectivity index (χ2n) is 8.89. The van der Waals surface area contributed by atoms with Crippen LogP contribution in [0.3, 0.4) is 0 Å². The molecule has 1 aliphatic rings. The van der Waals surface area contributed by atoms with Crippen LogP contribution in [0.1, 0.15) is 49.4 Å². The van der Waals surface area contributed by atoms with Crippen LogP contribution in [0.4, 0.5) is 5.69 Å². The molecule has 0 aromatic heterocycles. The number of hydrogen-bond donors (Lipinski definition) is 1. The van der Waals surface area contributed by atoms with Crippen LogP contribution >= 0.6 is 23.2 Å². The van der Waals surface area contributed by atoms with Gasteiger partial charge < -0.3 is 14.6 Å². The number of anilines is 1. The average Bonchev–Trinajstić information content (AvgIpc) is 3.14. The number of hydrogen-bond acceptors (Lipinski definition) is 5. The number of ketones is 1. The zero-order valence-corrected chi connectivity index (χ0v) is 22.4. The smallest absolute Gasteiger partial charge is 0.300 e. The van der Waals surface area contributed by atoms with Crippen LogP contribution in [0.5, 0.6) is 11.5 Å². The first kappa shape index (κ1) is 26.6. The number of carbonyl (C=O) groups is 2. The molecule has 0 radical (unpaired) electrons. The van der Waals surface area contributed by atoms with Crippen molar-refractivity contribution >= 4 is 46.3 Å². The van der Waals surface area contributed by atoms with E-state index in [0.29, 0.717) is 29.5 Å². The van der Waals surface area contributed by atoms with E-state index in [1.54, 1.807) is 36.4 Å². The maximum absolute atomic E-state index is 13.5. The molecule has 0 bridgehead atoms. The first-order valence-corrected chi connectivity index (χ1v) is 12.6. The van der Waals surface area contributed by atoms with Crippen molar-refractivity contribution in [3.63, 3.8) is 0 Å². The van der Waals surface area contributed by atoms with Gasteiger partial charge in [0.15, 0.2) is 0 Å². The van der Waals surface area contributed by atoms with Crippen molar-refractivity contribution in [3.8, 4) is 11.5 Å². The molecule has 0 saturated carbocycles. The number of Topliss-reactive ketones (excluding diaryl/α,β-unsaturated/α-hetero) is 1. The molecule has 1 amide bonds. The van der Waals surface area contributed by atoms with Gasteiger partial charge in [0.05, 0.1) is 35.9 Å². The van der Waals surface area contributed by atoms with E-state index in [-0.39, 0.29) is 26.9 Å². The fourth-order valence-corrected chi connectivity index (χ4v) is 5.03. The topological polar surface area (TPSA) is 76.1 Å². The van der Waals surface area contributed by atoms with Crippen molar-refractivity contribution < 1.29 is 24.2 Å². The Kier molecular flexibility index (Phi) is 7.81. The van der Waals surface area contributed by atoms with Crippen molar-refractivity contribution in [2.24, 2.45) is 0 Å². The van der Waals surface area contributed by atoms with E-state index < -0.39 is 23.5 Å². The van der Waals surface area contributed by atoms with E-state index in [0.717, 1.165) is 5.56 Å². The minimum Gasteiger partial charge on any atom is -0.507 e. The van der Waals surface area contributed by atoms with Gasteiger partial charge in [0.2, 0.25) is 0 Å². The molecule has 1 N–H and O–H groups in total. The van der Waals surface area contributed by atoms with Gasteiger partial charge in [-0.2, -0.15) is 0 Å². The molecule has 1 heterocycles. The number of rotatable bonds is 7. The first-order valence-electron chi connectivity index (χ1n) is 11.8. The molecular weight excluding hydrogens is 513 g/mol. The van der Waals surface area contributed by atoms with Gasteiger partial charge in [-0.15, -0.1) is 0 Å². The predicted octanol–water partition coefficient (Wildman–Crippen LogP) is 7.15. The minimum atomic E-state index is -0.937. The Morgan fingerprint density at radius 3 is 2.38 bits per heavy atom. The Hall–Kier alpha value is -3.48. The summed E-state index contributed by atoms with van der Waals surface area (Å²) in [6, 6.07) is 16.5. The van der Waals surface area contributed by atoms with Crippen LogP contribution in [0, 0.1) is 0 Å². The molecule has 37 heavy (non-hydrogen) atoms. The summed E-state index contributed by atoms with van der Waals surface area (Å²) < 4.78 is 11.1. The SMILES string of the molecule is CCOc1cccc(C2/C(=C(\O)c3cc(Cl)cc(Cl)c3OC)C(=O)C(=O)N2c2ccc(C(C)C)cc2)c1. The number of benzene rings is 3. The average molecular weight is 540 g/mol. The molecule has 1 atom stereocenters. The fourth-order valence-electron chi connectivity index (χ4n) is 4.46. The number of amides is 1. The largest absolute Gasteiger partial charge is 0.507 e. The van der Waals surface area contributed by atoms with Gasteiger partial charge in [-0.3, -0.25) is 14.5 Å². The lowest BCUT2D eigenvalue weighted by Crippen LogP contribution is -2.29. The molecule has 1 aliphatic heterocycles. The maximum atomic E-state index is 13.5. The second-order valence-corrected chi connectivity index (χ2v) is 9.73. The number of methoxy groups -OCH3 is 1. The summed E-state index contributed by atoms with van der Waals surface area (Å²) in [5, 5.41) is 11.9. The fraction of sp³-hybridized carbons (Fsp3) is 0.241. The quantitative estimate of drug-likeness (QED) is 0.196. The monoisotopic (exact) mass is 539 g/mol. The number of carbonyl (C=O) groups excluding carboxylic acids is 2. The number of nitrogens with zero attached hydrogens (tertiary/aromatic N) is 1. The lowest BCUT2D eigenvalue weighted by atomic mass is 9.94. The van der Waals surface area contributed by atoms with E-state index in [1.165, 1.54) is 24.1 Å². The van der Waals surface area contributed by atoms with Crippen LogP contribution in [0.25, 0.3) is 5.76 Å². The Balaban J connectivity index is 1.98. The summed E-state index contributed by atoms with van der Waals surface area (Å²) in [5.74, 6) is -1.04. The third kappa shape index (κ3) is 5.04. The molecule has 0 spiro atoms. The van der Waals surface area contributed by atoms with E-state index in [9.17, 15) is 14.7 Å². The molecule has 8 heteroatoms. The number of ether oxygens (including phenoxy) is 2. The Morgan fingerprint density at radius 1 is 1.05 bits per heavy atom. The van der Waals surface area contributed by atoms with E-state index >= 15 is 0 Å². The van der Waals surface area contributed by atoms with Crippen LogP contribution < -0.4 is 14.4 Å². The summed E-state index contributed by atoms with van der Waals surface area (Å²) in [5.41, 5.74) is 2.20.